The lowest BCUT2D eigenvalue weighted by atomic mass is 9.91. The maximum atomic E-state index is 12.9. The molecule has 4 heteroatoms. The van der Waals surface area contributed by atoms with Crippen LogP contribution in [-0.4, -0.2) is 48.3 Å². The molecule has 2 aliphatic rings. The zero-order valence-corrected chi connectivity index (χ0v) is 11.8. The minimum atomic E-state index is -0.183. The molecule has 1 aromatic carbocycles. The van der Waals surface area contributed by atoms with E-state index >= 15 is 0 Å². The topological polar surface area (TPSA) is 26.7 Å². The summed E-state index contributed by atoms with van der Waals surface area (Å²) < 4.78 is 12.9. The van der Waals surface area contributed by atoms with Gasteiger partial charge in [-0.15, -0.1) is 0 Å². The average Bonchev–Trinajstić information content (AvgIpc) is 2.49. The fraction of sp³-hybridized carbons (Fsp3) is 0.625. The third kappa shape index (κ3) is 2.96. The molecule has 0 spiro atoms. The lowest BCUT2D eigenvalue weighted by Crippen LogP contribution is -2.54. The van der Waals surface area contributed by atoms with E-state index in [0.29, 0.717) is 6.04 Å². The number of aliphatic hydroxyl groups excluding tert-OH is 1. The van der Waals surface area contributed by atoms with Crippen LogP contribution in [0.15, 0.2) is 24.3 Å². The molecule has 1 saturated heterocycles. The van der Waals surface area contributed by atoms with Gasteiger partial charge >= 0.3 is 0 Å². The van der Waals surface area contributed by atoms with Crippen molar-refractivity contribution in [2.45, 2.75) is 37.8 Å². The molecule has 110 valence electrons. The lowest BCUT2D eigenvalue weighted by Gasteiger charge is -2.43. The molecule has 2 atom stereocenters. The smallest absolute Gasteiger partial charge is 0.123 e. The summed E-state index contributed by atoms with van der Waals surface area (Å²) in [4.78, 5) is 4.73. The van der Waals surface area contributed by atoms with E-state index < -0.39 is 0 Å². The molecule has 1 aliphatic heterocycles. The van der Waals surface area contributed by atoms with Crippen LogP contribution in [0.1, 0.15) is 25.7 Å². The van der Waals surface area contributed by atoms with Crippen LogP contribution in [0.2, 0.25) is 0 Å². The fourth-order valence-electron chi connectivity index (χ4n) is 3.48. The lowest BCUT2D eigenvalue weighted by molar-refractivity contribution is 0.0173. The monoisotopic (exact) mass is 278 g/mol. The van der Waals surface area contributed by atoms with Gasteiger partial charge in [0.2, 0.25) is 0 Å². The summed E-state index contributed by atoms with van der Waals surface area (Å²) in [5.74, 6) is -0.183. The van der Waals surface area contributed by atoms with Crippen LogP contribution in [0.25, 0.3) is 0 Å². The Hall–Kier alpha value is -1.13. The minimum absolute atomic E-state index is 0.152. The van der Waals surface area contributed by atoms with Crippen molar-refractivity contribution in [2.75, 3.05) is 31.1 Å². The predicted octanol–water partition coefficient (Wildman–Crippen LogP) is 2.25. The maximum absolute atomic E-state index is 12.9. The Balaban J connectivity index is 1.57. The molecular weight excluding hydrogens is 255 g/mol. The fourth-order valence-corrected chi connectivity index (χ4v) is 3.48. The van der Waals surface area contributed by atoms with E-state index in [1.807, 2.05) is 12.1 Å². The van der Waals surface area contributed by atoms with Crippen LogP contribution in [0, 0.1) is 5.82 Å². The zero-order valence-electron chi connectivity index (χ0n) is 11.8. The summed E-state index contributed by atoms with van der Waals surface area (Å²) in [7, 11) is 0. The van der Waals surface area contributed by atoms with E-state index in [9.17, 15) is 9.50 Å². The highest BCUT2D eigenvalue weighted by Crippen LogP contribution is 2.25. The first-order valence-electron chi connectivity index (χ1n) is 7.67. The second-order valence-corrected chi connectivity index (χ2v) is 5.92. The molecule has 1 heterocycles. The third-order valence-electron chi connectivity index (χ3n) is 4.67. The number of aliphatic hydroxyl groups is 1. The van der Waals surface area contributed by atoms with Crippen LogP contribution < -0.4 is 4.90 Å². The summed E-state index contributed by atoms with van der Waals surface area (Å²) >= 11 is 0. The van der Waals surface area contributed by atoms with Gasteiger partial charge in [0.05, 0.1) is 6.10 Å². The van der Waals surface area contributed by atoms with Crippen molar-refractivity contribution in [3.8, 4) is 0 Å². The Morgan fingerprint density at radius 2 is 1.60 bits per heavy atom. The van der Waals surface area contributed by atoms with Crippen molar-refractivity contribution in [3.63, 3.8) is 0 Å². The predicted molar refractivity (Wildman–Crippen MR) is 78.4 cm³/mol. The molecule has 0 aromatic heterocycles. The minimum Gasteiger partial charge on any atom is -0.391 e. The van der Waals surface area contributed by atoms with E-state index in [-0.39, 0.29) is 11.9 Å². The first-order chi connectivity index (χ1) is 9.74. The van der Waals surface area contributed by atoms with Crippen LogP contribution in [0.5, 0.6) is 0 Å². The summed E-state index contributed by atoms with van der Waals surface area (Å²) in [6.45, 7) is 3.88. The van der Waals surface area contributed by atoms with Crippen LogP contribution in [0.4, 0.5) is 10.1 Å². The summed E-state index contributed by atoms with van der Waals surface area (Å²) in [5.41, 5.74) is 1.09. The number of rotatable bonds is 2. The van der Waals surface area contributed by atoms with Crippen molar-refractivity contribution >= 4 is 5.69 Å². The molecule has 0 radical (unpaired) electrons. The third-order valence-corrected chi connectivity index (χ3v) is 4.67. The Labute approximate surface area is 120 Å². The van der Waals surface area contributed by atoms with Gasteiger partial charge in [0.1, 0.15) is 5.82 Å². The standard InChI is InChI=1S/C16H23FN2O/c17-13-5-7-14(8-6-13)18-9-11-19(12-10-18)15-3-1-2-4-16(15)20/h5-8,15-16,20H,1-4,9-12H2/t15-,16-/m1/s1. The van der Waals surface area contributed by atoms with E-state index in [0.717, 1.165) is 51.1 Å². The highest BCUT2D eigenvalue weighted by Gasteiger charge is 2.30. The van der Waals surface area contributed by atoms with Gasteiger partial charge in [0.25, 0.3) is 0 Å². The van der Waals surface area contributed by atoms with Gasteiger partial charge in [0.15, 0.2) is 0 Å². The second-order valence-electron chi connectivity index (χ2n) is 5.92. The van der Waals surface area contributed by atoms with Gasteiger partial charge in [-0.2, -0.15) is 0 Å². The number of anilines is 1. The van der Waals surface area contributed by atoms with Gasteiger partial charge < -0.3 is 10.0 Å². The van der Waals surface area contributed by atoms with Crippen molar-refractivity contribution in [1.82, 2.24) is 4.90 Å². The molecule has 1 aromatic rings. The average molecular weight is 278 g/mol. The van der Waals surface area contributed by atoms with Gasteiger partial charge in [-0.3, -0.25) is 4.90 Å². The summed E-state index contributed by atoms with van der Waals surface area (Å²) in [5, 5.41) is 10.1. The van der Waals surface area contributed by atoms with E-state index in [1.54, 1.807) is 0 Å². The van der Waals surface area contributed by atoms with Gasteiger partial charge in [-0.05, 0) is 37.1 Å². The Morgan fingerprint density at radius 3 is 2.25 bits per heavy atom. The van der Waals surface area contributed by atoms with Crippen LogP contribution in [-0.2, 0) is 0 Å². The number of piperazine rings is 1. The van der Waals surface area contributed by atoms with E-state index in [1.165, 1.54) is 18.6 Å². The first kappa shape index (κ1) is 13.8. The van der Waals surface area contributed by atoms with Gasteiger partial charge in [-0.1, -0.05) is 12.8 Å². The zero-order chi connectivity index (χ0) is 13.9. The number of nitrogens with zero attached hydrogens (tertiary/aromatic N) is 2. The molecule has 20 heavy (non-hydrogen) atoms. The Kier molecular flexibility index (Phi) is 4.22. The van der Waals surface area contributed by atoms with Gasteiger partial charge in [-0.25, -0.2) is 4.39 Å². The molecule has 1 saturated carbocycles. The SMILES string of the molecule is O[C@@H]1CCCC[C@H]1N1CCN(c2ccc(F)cc2)CC1. The van der Waals surface area contributed by atoms with E-state index in [4.69, 9.17) is 0 Å². The largest absolute Gasteiger partial charge is 0.391 e. The molecule has 1 N–H and O–H groups in total. The first-order valence-corrected chi connectivity index (χ1v) is 7.67. The number of halogens is 1. The number of hydrogen-bond acceptors (Lipinski definition) is 3. The Bertz CT molecular complexity index is 429. The molecular formula is C16H23FN2O. The van der Waals surface area contributed by atoms with Crippen LogP contribution in [0.3, 0.4) is 0 Å². The number of benzene rings is 1. The van der Waals surface area contributed by atoms with Crippen LogP contribution >= 0.6 is 0 Å². The van der Waals surface area contributed by atoms with Gasteiger partial charge in [0, 0.05) is 37.9 Å². The van der Waals surface area contributed by atoms with Crippen molar-refractivity contribution in [2.24, 2.45) is 0 Å². The molecule has 1 aliphatic carbocycles. The van der Waals surface area contributed by atoms with Crippen molar-refractivity contribution in [1.29, 1.82) is 0 Å². The summed E-state index contributed by atoms with van der Waals surface area (Å²) in [6, 6.07) is 7.08. The van der Waals surface area contributed by atoms with E-state index in [2.05, 4.69) is 9.80 Å². The second kappa shape index (κ2) is 6.10. The molecule has 0 bridgehead atoms. The highest BCUT2D eigenvalue weighted by molar-refractivity contribution is 5.46. The molecule has 3 nitrogen and oxygen atoms in total. The molecule has 3 rings (SSSR count). The quantitative estimate of drug-likeness (QED) is 0.899. The summed E-state index contributed by atoms with van der Waals surface area (Å²) in [6.07, 6.45) is 4.31. The molecule has 0 unspecified atom stereocenters. The highest BCUT2D eigenvalue weighted by atomic mass is 19.1. The molecule has 0 amide bonds. The van der Waals surface area contributed by atoms with Crippen molar-refractivity contribution < 1.29 is 9.50 Å². The normalized spacial score (nSPS) is 28.6. The Morgan fingerprint density at radius 1 is 0.950 bits per heavy atom. The maximum Gasteiger partial charge on any atom is 0.123 e. The van der Waals surface area contributed by atoms with Crippen molar-refractivity contribution in [3.05, 3.63) is 30.1 Å². The number of hydrogen-bond donors (Lipinski definition) is 1. The molecule has 2 fully saturated rings.